The van der Waals surface area contributed by atoms with Crippen molar-refractivity contribution in [2.45, 2.75) is 26.3 Å². The van der Waals surface area contributed by atoms with Crippen molar-refractivity contribution in [3.63, 3.8) is 0 Å². The Kier molecular flexibility index (Phi) is 4.16. The molecular weight excluding hydrogens is 232 g/mol. The number of anilines is 1. The fraction of sp³-hybridized carbons (Fsp3) is 0.385. The largest absolute Gasteiger partial charge is 0.487 e. The molecule has 1 N–H and O–H groups in total. The van der Waals surface area contributed by atoms with Crippen molar-refractivity contribution < 1.29 is 9.66 Å². The number of nitro groups is 1. The number of rotatable bonds is 5. The van der Waals surface area contributed by atoms with Crippen LogP contribution < -0.4 is 10.1 Å². The van der Waals surface area contributed by atoms with Crippen molar-refractivity contribution >= 4 is 11.4 Å². The van der Waals surface area contributed by atoms with Gasteiger partial charge in [0.1, 0.15) is 5.69 Å². The molecule has 1 rings (SSSR count). The summed E-state index contributed by atoms with van der Waals surface area (Å²) in [6.07, 6.45) is 5.36. The summed E-state index contributed by atoms with van der Waals surface area (Å²) in [5.41, 5.74) is -0.410. The van der Waals surface area contributed by atoms with E-state index in [1.807, 2.05) is 0 Å². The summed E-state index contributed by atoms with van der Waals surface area (Å²) in [5.74, 6) is 2.77. The molecule has 5 heteroatoms. The molecule has 0 fully saturated rings. The first-order valence-corrected chi connectivity index (χ1v) is 5.57. The van der Waals surface area contributed by atoms with E-state index in [-0.39, 0.29) is 11.4 Å². The molecule has 5 nitrogen and oxygen atoms in total. The Morgan fingerprint density at radius 2 is 2.22 bits per heavy atom. The molecule has 96 valence electrons. The van der Waals surface area contributed by atoms with Gasteiger partial charge in [-0.3, -0.25) is 10.1 Å². The normalized spacial score (nSPS) is 10.6. The third kappa shape index (κ3) is 3.14. The predicted molar refractivity (Wildman–Crippen MR) is 70.8 cm³/mol. The van der Waals surface area contributed by atoms with Crippen LogP contribution in [-0.2, 0) is 0 Å². The van der Waals surface area contributed by atoms with Crippen LogP contribution in [0.3, 0.4) is 0 Å². The zero-order chi connectivity index (χ0) is 13.8. The molecule has 1 aromatic carbocycles. The van der Waals surface area contributed by atoms with Gasteiger partial charge < -0.3 is 10.1 Å². The molecule has 1 aromatic rings. The summed E-state index contributed by atoms with van der Waals surface area (Å²) in [6, 6.07) is 4.86. The Bertz CT molecular complexity index is 489. The fourth-order valence-electron chi connectivity index (χ4n) is 1.46. The number of hydrogen-bond acceptors (Lipinski definition) is 4. The Hall–Kier alpha value is -2.22. The molecule has 0 saturated heterocycles. The summed E-state index contributed by atoms with van der Waals surface area (Å²) in [4.78, 5) is 10.7. The lowest BCUT2D eigenvalue weighted by Gasteiger charge is -2.21. The van der Waals surface area contributed by atoms with Crippen LogP contribution in [0.5, 0.6) is 5.75 Å². The van der Waals surface area contributed by atoms with Gasteiger partial charge in [0.15, 0.2) is 5.75 Å². The molecule has 0 heterocycles. The highest BCUT2D eigenvalue weighted by Crippen LogP contribution is 2.36. The van der Waals surface area contributed by atoms with E-state index in [1.54, 1.807) is 39.0 Å². The van der Waals surface area contributed by atoms with Crippen LogP contribution >= 0.6 is 0 Å². The molecule has 0 spiro atoms. The molecule has 0 bridgehead atoms. The van der Waals surface area contributed by atoms with Crippen LogP contribution in [0.1, 0.15) is 20.8 Å². The number of ether oxygens (including phenoxy) is 1. The van der Waals surface area contributed by atoms with Crippen molar-refractivity contribution in [1.29, 1.82) is 0 Å². The first kappa shape index (κ1) is 13.8. The van der Waals surface area contributed by atoms with Gasteiger partial charge >= 0.3 is 5.69 Å². The lowest BCUT2D eigenvalue weighted by Crippen LogP contribution is -2.28. The SMILES string of the molecule is C#CC(C)(C)Nc1cccc(OCC)c1[N+](=O)[O-]. The Balaban J connectivity index is 3.24. The minimum absolute atomic E-state index is 0.0947. The maximum Gasteiger partial charge on any atom is 0.333 e. The second-order valence-electron chi connectivity index (χ2n) is 4.24. The minimum Gasteiger partial charge on any atom is -0.487 e. The van der Waals surface area contributed by atoms with Crippen molar-refractivity contribution in [2.75, 3.05) is 11.9 Å². The van der Waals surface area contributed by atoms with E-state index in [1.165, 1.54) is 0 Å². The quantitative estimate of drug-likeness (QED) is 0.494. The van der Waals surface area contributed by atoms with Gasteiger partial charge in [-0.2, -0.15) is 0 Å². The summed E-state index contributed by atoms with van der Waals surface area (Å²) in [6.45, 7) is 5.67. The second kappa shape index (κ2) is 5.41. The maximum atomic E-state index is 11.1. The standard InChI is InChI=1S/C13H16N2O3/c1-5-13(3,4)14-10-8-7-9-11(18-6-2)12(10)15(16)17/h1,7-9,14H,6H2,2-4H3. The van der Waals surface area contributed by atoms with Crippen LogP contribution in [0.15, 0.2) is 18.2 Å². The highest BCUT2D eigenvalue weighted by atomic mass is 16.6. The van der Waals surface area contributed by atoms with Crippen LogP contribution in [0.25, 0.3) is 0 Å². The first-order valence-electron chi connectivity index (χ1n) is 5.57. The van der Waals surface area contributed by atoms with Gasteiger partial charge in [-0.1, -0.05) is 12.0 Å². The van der Waals surface area contributed by atoms with E-state index in [0.717, 1.165) is 0 Å². The van der Waals surface area contributed by atoms with E-state index in [2.05, 4.69) is 11.2 Å². The highest BCUT2D eigenvalue weighted by molar-refractivity contribution is 5.69. The third-order valence-electron chi connectivity index (χ3n) is 2.29. The van der Waals surface area contributed by atoms with Gasteiger partial charge in [-0.15, -0.1) is 6.42 Å². The van der Waals surface area contributed by atoms with Gasteiger partial charge in [0, 0.05) is 0 Å². The van der Waals surface area contributed by atoms with Crippen LogP contribution in [0.2, 0.25) is 0 Å². The average Bonchev–Trinajstić information content (AvgIpc) is 2.28. The first-order chi connectivity index (χ1) is 8.41. The molecule has 18 heavy (non-hydrogen) atoms. The minimum atomic E-state index is -0.671. The van der Waals surface area contributed by atoms with Gasteiger partial charge in [-0.05, 0) is 32.9 Å². The molecule has 0 aliphatic rings. The molecule has 0 unspecified atom stereocenters. The molecule has 0 radical (unpaired) electrons. The Morgan fingerprint density at radius 3 is 2.72 bits per heavy atom. The second-order valence-corrected chi connectivity index (χ2v) is 4.24. The maximum absolute atomic E-state index is 11.1. The van der Waals surface area contributed by atoms with E-state index < -0.39 is 10.5 Å². The number of terminal acetylenes is 1. The Labute approximate surface area is 106 Å². The molecule has 0 saturated carbocycles. The lowest BCUT2D eigenvalue weighted by atomic mass is 10.1. The van der Waals surface area contributed by atoms with Crippen LogP contribution in [0.4, 0.5) is 11.4 Å². The summed E-state index contributed by atoms with van der Waals surface area (Å²) < 4.78 is 5.25. The zero-order valence-corrected chi connectivity index (χ0v) is 10.7. The number of nitrogens with one attached hydrogen (secondary N) is 1. The predicted octanol–water partition coefficient (Wildman–Crippen LogP) is 2.82. The van der Waals surface area contributed by atoms with Crippen molar-refractivity contribution in [3.05, 3.63) is 28.3 Å². The van der Waals surface area contributed by atoms with Gasteiger partial charge in [0.25, 0.3) is 0 Å². The molecule has 0 aliphatic heterocycles. The zero-order valence-electron chi connectivity index (χ0n) is 10.7. The molecule has 0 atom stereocenters. The van der Waals surface area contributed by atoms with Crippen LogP contribution in [0, 0.1) is 22.5 Å². The van der Waals surface area contributed by atoms with E-state index in [4.69, 9.17) is 11.2 Å². The number of nitrogens with zero attached hydrogens (tertiary/aromatic N) is 1. The van der Waals surface area contributed by atoms with Gasteiger partial charge in [0.05, 0.1) is 17.1 Å². The average molecular weight is 248 g/mol. The number of para-hydroxylation sites is 1. The van der Waals surface area contributed by atoms with E-state index >= 15 is 0 Å². The number of benzene rings is 1. The van der Waals surface area contributed by atoms with Crippen LogP contribution in [-0.4, -0.2) is 17.1 Å². The van der Waals surface area contributed by atoms with Crippen molar-refractivity contribution in [1.82, 2.24) is 0 Å². The highest BCUT2D eigenvalue weighted by Gasteiger charge is 2.24. The monoisotopic (exact) mass is 248 g/mol. The molecule has 0 amide bonds. The van der Waals surface area contributed by atoms with Gasteiger partial charge in [0.2, 0.25) is 0 Å². The fourth-order valence-corrected chi connectivity index (χ4v) is 1.46. The smallest absolute Gasteiger partial charge is 0.333 e. The van der Waals surface area contributed by atoms with Crippen molar-refractivity contribution in [2.24, 2.45) is 0 Å². The summed E-state index contributed by atoms with van der Waals surface area (Å²) in [5, 5.41) is 14.1. The number of hydrogen-bond donors (Lipinski definition) is 1. The lowest BCUT2D eigenvalue weighted by molar-refractivity contribution is -0.385. The number of nitro benzene ring substituents is 1. The summed E-state index contributed by atoms with van der Waals surface area (Å²) in [7, 11) is 0. The van der Waals surface area contributed by atoms with Gasteiger partial charge in [-0.25, -0.2) is 0 Å². The molecular formula is C13H16N2O3. The van der Waals surface area contributed by atoms with Crippen molar-refractivity contribution in [3.8, 4) is 18.1 Å². The molecule has 0 aliphatic carbocycles. The van der Waals surface area contributed by atoms with E-state index in [0.29, 0.717) is 12.3 Å². The third-order valence-corrected chi connectivity index (χ3v) is 2.29. The van der Waals surface area contributed by atoms with E-state index in [9.17, 15) is 10.1 Å². The summed E-state index contributed by atoms with van der Waals surface area (Å²) >= 11 is 0. The topological polar surface area (TPSA) is 64.4 Å². The molecule has 0 aromatic heterocycles. The Morgan fingerprint density at radius 1 is 1.56 bits per heavy atom.